The number of nitrogens with one attached hydrogen (secondary N) is 1. The van der Waals surface area contributed by atoms with Gasteiger partial charge in [-0.15, -0.1) is 0 Å². The predicted molar refractivity (Wildman–Crippen MR) is 64.0 cm³/mol. The Bertz CT molecular complexity index is 331. The molecule has 0 radical (unpaired) electrons. The molecule has 0 aliphatic carbocycles. The Hall–Kier alpha value is -0.860. The summed E-state index contributed by atoms with van der Waals surface area (Å²) in [6.07, 6.45) is 0. The van der Waals surface area contributed by atoms with Crippen LogP contribution in [0.15, 0.2) is 18.2 Å². The highest BCUT2D eigenvalue weighted by Crippen LogP contribution is 2.24. The van der Waals surface area contributed by atoms with E-state index in [1.54, 1.807) is 0 Å². The quantitative estimate of drug-likeness (QED) is 0.792. The van der Waals surface area contributed by atoms with Crippen molar-refractivity contribution in [3.05, 3.63) is 34.9 Å². The van der Waals surface area contributed by atoms with Crippen molar-refractivity contribution >= 4 is 0 Å². The second-order valence-corrected chi connectivity index (χ2v) is 4.37. The molecule has 1 atom stereocenters. The van der Waals surface area contributed by atoms with Gasteiger partial charge in [0.15, 0.2) is 0 Å². The molecule has 2 heteroatoms. The summed E-state index contributed by atoms with van der Waals surface area (Å²) in [6.45, 7) is 9.47. The zero-order valence-electron chi connectivity index (χ0n) is 10.1. The normalized spacial score (nSPS) is 15.0. The summed E-state index contributed by atoms with van der Waals surface area (Å²) in [6, 6.07) is 6.17. The molecular formula is C13H21NO. The molecule has 0 amide bonds. The van der Waals surface area contributed by atoms with Gasteiger partial charge in [0, 0.05) is 6.54 Å². The number of hydrogen-bond acceptors (Lipinski definition) is 2. The van der Waals surface area contributed by atoms with Crippen LogP contribution in [0.1, 0.15) is 30.5 Å². The Labute approximate surface area is 92.3 Å². The van der Waals surface area contributed by atoms with Gasteiger partial charge in [0.25, 0.3) is 0 Å². The molecule has 84 valence electrons. The molecule has 1 aromatic carbocycles. The van der Waals surface area contributed by atoms with Gasteiger partial charge in [-0.05, 0) is 38.4 Å². The molecule has 2 N–H and O–H groups in total. The first-order valence-electron chi connectivity index (χ1n) is 5.48. The molecule has 0 aliphatic heterocycles. The lowest BCUT2D eigenvalue weighted by atomic mass is 9.91. The lowest BCUT2D eigenvalue weighted by molar-refractivity contribution is 0.0570. The molecule has 2 nitrogen and oxygen atoms in total. The van der Waals surface area contributed by atoms with Crippen LogP contribution in [0.5, 0.6) is 0 Å². The Morgan fingerprint density at radius 1 is 1.33 bits per heavy atom. The van der Waals surface area contributed by atoms with Gasteiger partial charge in [0.1, 0.15) is 0 Å². The maximum absolute atomic E-state index is 10.3. The maximum Gasteiger partial charge on any atom is 0.0994 e. The second kappa shape index (κ2) is 4.77. The van der Waals surface area contributed by atoms with Gasteiger partial charge in [-0.1, -0.05) is 30.7 Å². The smallest absolute Gasteiger partial charge is 0.0994 e. The molecule has 0 spiro atoms. The first-order valence-corrected chi connectivity index (χ1v) is 5.48. The fraction of sp³-hybridized carbons (Fsp3) is 0.538. The van der Waals surface area contributed by atoms with Crippen molar-refractivity contribution in [3.63, 3.8) is 0 Å². The van der Waals surface area contributed by atoms with Crippen LogP contribution in [-0.4, -0.2) is 18.2 Å². The van der Waals surface area contributed by atoms with E-state index in [2.05, 4.69) is 18.3 Å². The minimum Gasteiger partial charge on any atom is -0.384 e. The highest BCUT2D eigenvalue weighted by atomic mass is 16.3. The number of rotatable bonds is 4. The van der Waals surface area contributed by atoms with Crippen LogP contribution in [0.2, 0.25) is 0 Å². The summed E-state index contributed by atoms with van der Waals surface area (Å²) in [7, 11) is 0. The number of aryl methyl sites for hydroxylation is 2. The Balaban J connectivity index is 2.93. The monoisotopic (exact) mass is 207 g/mol. The second-order valence-electron chi connectivity index (χ2n) is 4.37. The fourth-order valence-electron chi connectivity index (χ4n) is 1.88. The Morgan fingerprint density at radius 2 is 2.00 bits per heavy atom. The van der Waals surface area contributed by atoms with E-state index < -0.39 is 5.60 Å². The zero-order chi connectivity index (χ0) is 11.5. The molecule has 0 aromatic heterocycles. The molecule has 0 fully saturated rings. The van der Waals surface area contributed by atoms with E-state index >= 15 is 0 Å². The van der Waals surface area contributed by atoms with Gasteiger partial charge in [-0.2, -0.15) is 0 Å². The van der Waals surface area contributed by atoms with Gasteiger partial charge in [0.2, 0.25) is 0 Å². The van der Waals surface area contributed by atoms with Crippen LogP contribution in [0.25, 0.3) is 0 Å². The van der Waals surface area contributed by atoms with Gasteiger partial charge < -0.3 is 10.4 Å². The zero-order valence-corrected chi connectivity index (χ0v) is 10.1. The lowest BCUT2D eigenvalue weighted by Crippen LogP contribution is -2.35. The van der Waals surface area contributed by atoms with E-state index in [-0.39, 0.29) is 0 Å². The SMILES string of the molecule is CCNCC(C)(O)c1ccc(C)cc1C. The van der Waals surface area contributed by atoms with E-state index in [1.807, 2.05) is 32.9 Å². The van der Waals surface area contributed by atoms with Crippen molar-refractivity contribution in [3.8, 4) is 0 Å². The van der Waals surface area contributed by atoms with Gasteiger partial charge in [0.05, 0.1) is 5.60 Å². The molecule has 1 aromatic rings. The molecule has 0 saturated carbocycles. The Kier molecular flexibility index (Phi) is 3.89. The third-order valence-corrected chi connectivity index (χ3v) is 2.68. The number of likely N-dealkylation sites (N-methyl/N-ethyl adjacent to an activating group) is 1. The predicted octanol–water partition coefficient (Wildman–Crippen LogP) is 2.12. The summed E-state index contributed by atoms with van der Waals surface area (Å²) in [5.41, 5.74) is 2.61. The standard InChI is InChI=1S/C13H21NO/c1-5-14-9-13(4,15)12-7-6-10(2)8-11(12)3/h6-8,14-15H,5,9H2,1-4H3. The third-order valence-electron chi connectivity index (χ3n) is 2.68. The maximum atomic E-state index is 10.3. The molecule has 1 unspecified atom stereocenters. The van der Waals surface area contributed by atoms with Crippen molar-refractivity contribution in [1.29, 1.82) is 0 Å². The minimum absolute atomic E-state index is 0.591. The van der Waals surface area contributed by atoms with Crippen molar-refractivity contribution in [2.45, 2.75) is 33.3 Å². The van der Waals surface area contributed by atoms with E-state index in [0.717, 1.165) is 17.7 Å². The summed E-state index contributed by atoms with van der Waals surface area (Å²) in [5.74, 6) is 0. The highest BCUT2D eigenvalue weighted by molar-refractivity contribution is 5.34. The molecule has 15 heavy (non-hydrogen) atoms. The lowest BCUT2D eigenvalue weighted by Gasteiger charge is -2.26. The molecule has 1 rings (SSSR count). The summed E-state index contributed by atoms with van der Waals surface area (Å²) in [5, 5.41) is 13.5. The van der Waals surface area contributed by atoms with Crippen molar-refractivity contribution in [2.75, 3.05) is 13.1 Å². The number of benzene rings is 1. The Morgan fingerprint density at radius 3 is 2.53 bits per heavy atom. The highest BCUT2D eigenvalue weighted by Gasteiger charge is 2.23. The van der Waals surface area contributed by atoms with Gasteiger partial charge >= 0.3 is 0 Å². The molecule has 0 aliphatic rings. The first kappa shape index (κ1) is 12.2. The topological polar surface area (TPSA) is 32.3 Å². The van der Waals surface area contributed by atoms with Crippen LogP contribution < -0.4 is 5.32 Å². The van der Waals surface area contributed by atoms with Gasteiger partial charge in [-0.3, -0.25) is 0 Å². The van der Waals surface area contributed by atoms with Crippen molar-refractivity contribution in [1.82, 2.24) is 5.32 Å². The van der Waals surface area contributed by atoms with E-state index in [9.17, 15) is 5.11 Å². The number of hydrogen-bond donors (Lipinski definition) is 2. The van der Waals surface area contributed by atoms with Crippen LogP contribution in [0.4, 0.5) is 0 Å². The summed E-state index contributed by atoms with van der Waals surface area (Å²) >= 11 is 0. The van der Waals surface area contributed by atoms with E-state index in [4.69, 9.17) is 0 Å². The van der Waals surface area contributed by atoms with Crippen LogP contribution >= 0.6 is 0 Å². The molecular weight excluding hydrogens is 186 g/mol. The number of aliphatic hydroxyl groups is 1. The van der Waals surface area contributed by atoms with Crippen molar-refractivity contribution in [2.24, 2.45) is 0 Å². The van der Waals surface area contributed by atoms with E-state index in [1.165, 1.54) is 5.56 Å². The van der Waals surface area contributed by atoms with Crippen LogP contribution in [0.3, 0.4) is 0 Å². The summed E-state index contributed by atoms with van der Waals surface area (Å²) < 4.78 is 0. The average Bonchev–Trinajstić information content (AvgIpc) is 2.14. The molecule has 0 heterocycles. The average molecular weight is 207 g/mol. The van der Waals surface area contributed by atoms with Crippen LogP contribution in [-0.2, 0) is 5.60 Å². The largest absolute Gasteiger partial charge is 0.384 e. The fourth-order valence-corrected chi connectivity index (χ4v) is 1.88. The molecule has 0 saturated heterocycles. The van der Waals surface area contributed by atoms with Crippen LogP contribution in [0, 0.1) is 13.8 Å². The third kappa shape index (κ3) is 3.05. The van der Waals surface area contributed by atoms with E-state index in [0.29, 0.717) is 6.54 Å². The minimum atomic E-state index is -0.784. The van der Waals surface area contributed by atoms with Crippen molar-refractivity contribution < 1.29 is 5.11 Å². The van der Waals surface area contributed by atoms with Gasteiger partial charge in [-0.25, -0.2) is 0 Å². The summed E-state index contributed by atoms with van der Waals surface area (Å²) in [4.78, 5) is 0. The first-order chi connectivity index (χ1) is 6.97. The molecule has 0 bridgehead atoms.